The van der Waals surface area contributed by atoms with Gasteiger partial charge in [0.2, 0.25) is 0 Å². The maximum atomic E-state index is 13.1. The molecule has 5 heteroatoms. The topological polar surface area (TPSA) is 37.3 Å². The summed E-state index contributed by atoms with van der Waals surface area (Å²) in [5, 5.41) is 4.57. The van der Waals surface area contributed by atoms with Gasteiger partial charge >= 0.3 is 0 Å². The minimum Gasteiger partial charge on any atom is -0.342 e. The Bertz CT molecular complexity index is 1280. The Balaban J connectivity index is 1.53. The second-order valence-electron chi connectivity index (χ2n) is 7.18. The average Bonchev–Trinajstić information content (AvgIpc) is 3.26. The molecule has 0 unspecified atom stereocenters. The van der Waals surface area contributed by atoms with Crippen molar-refractivity contribution in [2.75, 3.05) is 4.90 Å². The van der Waals surface area contributed by atoms with Gasteiger partial charge in [-0.15, -0.1) is 0 Å². The van der Waals surface area contributed by atoms with Crippen molar-refractivity contribution in [2.24, 2.45) is 0 Å². The molecule has 0 saturated carbocycles. The normalized spacial score (nSPS) is 15.2. The number of carbonyl (C=O) groups is 1. The van der Waals surface area contributed by atoms with Gasteiger partial charge in [0, 0.05) is 29.2 Å². The number of nitrogens with zero attached hydrogens (tertiary/aromatic N) is 2. The van der Waals surface area contributed by atoms with Gasteiger partial charge in [0.25, 0.3) is 5.91 Å². The van der Waals surface area contributed by atoms with Gasteiger partial charge in [-0.3, -0.25) is 9.69 Å². The Morgan fingerprint density at radius 2 is 1.53 bits per heavy atom. The molecule has 2 heterocycles. The number of amides is 1. The zero-order valence-electron chi connectivity index (χ0n) is 16.2. The molecular formula is C25H19N3OS. The minimum absolute atomic E-state index is 0.147. The molecule has 1 aliphatic rings. The van der Waals surface area contributed by atoms with E-state index >= 15 is 0 Å². The van der Waals surface area contributed by atoms with E-state index in [0.29, 0.717) is 10.8 Å². The average molecular weight is 410 g/mol. The Morgan fingerprint density at radius 3 is 2.30 bits per heavy atom. The second kappa shape index (κ2) is 7.61. The molecule has 1 aliphatic heterocycles. The molecule has 30 heavy (non-hydrogen) atoms. The third kappa shape index (κ3) is 3.29. The van der Waals surface area contributed by atoms with Crippen LogP contribution in [0.4, 0.5) is 5.69 Å². The molecule has 0 atom stereocenters. The maximum Gasteiger partial charge on any atom is 0.281 e. The van der Waals surface area contributed by atoms with Crippen LogP contribution in [0.5, 0.6) is 0 Å². The van der Waals surface area contributed by atoms with E-state index in [-0.39, 0.29) is 5.91 Å². The summed E-state index contributed by atoms with van der Waals surface area (Å²) < 4.78 is 2.21. The number of benzene rings is 3. The molecule has 1 amide bonds. The van der Waals surface area contributed by atoms with Crippen LogP contribution in [-0.4, -0.2) is 15.6 Å². The van der Waals surface area contributed by atoms with Crippen molar-refractivity contribution in [1.29, 1.82) is 0 Å². The lowest BCUT2D eigenvalue weighted by Crippen LogP contribution is -2.30. The fraction of sp³-hybridized carbons (Fsp3) is 0.0400. The highest BCUT2D eigenvalue weighted by Crippen LogP contribution is 2.27. The van der Waals surface area contributed by atoms with Gasteiger partial charge in [0.1, 0.15) is 5.70 Å². The summed E-state index contributed by atoms with van der Waals surface area (Å²) >= 11 is 5.43. The number of anilines is 1. The molecule has 0 radical (unpaired) electrons. The first-order valence-electron chi connectivity index (χ1n) is 9.75. The molecular weight excluding hydrogens is 390 g/mol. The SMILES string of the molecule is O=C1C(=Cc2cn(Cc3ccccc3)c3ccccc23)NC(=S)N1c1ccccc1. The molecule has 0 bridgehead atoms. The smallest absolute Gasteiger partial charge is 0.281 e. The van der Waals surface area contributed by atoms with Crippen molar-refractivity contribution in [3.05, 3.63) is 108 Å². The number of fused-ring (bicyclic) bond motifs is 1. The minimum atomic E-state index is -0.147. The van der Waals surface area contributed by atoms with Crippen molar-refractivity contribution in [3.63, 3.8) is 0 Å². The Labute approximate surface area is 180 Å². The van der Waals surface area contributed by atoms with E-state index in [1.165, 1.54) is 10.5 Å². The second-order valence-corrected chi connectivity index (χ2v) is 7.57. The number of aromatic nitrogens is 1. The van der Waals surface area contributed by atoms with Crippen molar-refractivity contribution < 1.29 is 4.79 Å². The van der Waals surface area contributed by atoms with Gasteiger partial charge in [0.05, 0.1) is 5.69 Å². The predicted molar refractivity (Wildman–Crippen MR) is 125 cm³/mol. The highest BCUT2D eigenvalue weighted by Gasteiger charge is 2.32. The first-order chi connectivity index (χ1) is 14.7. The third-order valence-electron chi connectivity index (χ3n) is 5.21. The molecule has 3 aromatic carbocycles. The van der Waals surface area contributed by atoms with Crippen LogP contribution < -0.4 is 10.2 Å². The van der Waals surface area contributed by atoms with Crippen LogP contribution in [0.1, 0.15) is 11.1 Å². The van der Waals surface area contributed by atoms with Crippen molar-refractivity contribution in [2.45, 2.75) is 6.54 Å². The van der Waals surface area contributed by atoms with E-state index < -0.39 is 0 Å². The van der Waals surface area contributed by atoms with Crippen molar-refractivity contribution in [1.82, 2.24) is 9.88 Å². The lowest BCUT2D eigenvalue weighted by atomic mass is 10.1. The molecule has 0 spiro atoms. The molecule has 0 aliphatic carbocycles. The highest BCUT2D eigenvalue weighted by molar-refractivity contribution is 7.80. The molecule has 4 aromatic rings. The number of hydrogen-bond donors (Lipinski definition) is 1. The van der Waals surface area contributed by atoms with Crippen LogP contribution in [0.3, 0.4) is 0 Å². The summed E-state index contributed by atoms with van der Waals surface area (Å²) in [5.41, 5.74) is 4.57. The monoisotopic (exact) mass is 409 g/mol. The molecule has 1 aromatic heterocycles. The molecule has 4 nitrogen and oxygen atoms in total. The molecule has 1 fully saturated rings. The number of hydrogen-bond acceptors (Lipinski definition) is 2. The number of nitrogens with one attached hydrogen (secondary N) is 1. The summed E-state index contributed by atoms with van der Waals surface area (Å²) in [6.07, 6.45) is 3.98. The summed E-state index contributed by atoms with van der Waals surface area (Å²) in [6, 6.07) is 28.0. The van der Waals surface area contributed by atoms with E-state index in [4.69, 9.17) is 12.2 Å². The van der Waals surface area contributed by atoms with Crippen LogP contribution in [0.25, 0.3) is 17.0 Å². The zero-order chi connectivity index (χ0) is 20.5. The van der Waals surface area contributed by atoms with Crippen molar-refractivity contribution in [3.8, 4) is 0 Å². The van der Waals surface area contributed by atoms with Crippen LogP contribution in [0.15, 0.2) is 96.8 Å². The van der Waals surface area contributed by atoms with E-state index in [2.05, 4.69) is 40.3 Å². The fourth-order valence-corrected chi connectivity index (χ4v) is 4.10. The lowest BCUT2D eigenvalue weighted by Gasteiger charge is -2.13. The van der Waals surface area contributed by atoms with E-state index in [9.17, 15) is 4.79 Å². The van der Waals surface area contributed by atoms with Crippen LogP contribution >= 0.6 is 12.2 Å². The highest BCUT2D eigenvalue weighted by atomic mass is 32.1. The number of para-hydroxylation sites is 2. The van der Waals surface area contributed by atoms with E-state index in [0.717, 1.165) is 28.7 Å². The largest absolute Gasteiger partial charge is 0.342 e. The van der Waals surface area contributed by atoms with Gasteiger partial charge in [-0.2, -0.15) is 0 Å². The maximum absolute atomic E-state index is 13.1. The predicted octanol–water partition coefficient (Wildman–Crippen LogP) is 4.95. The summed E-state index contributed by atoms with van der Waals surface area (Å²) in [7, 11) is 0. The van der Waals surface area contributed by atoms with E-state index in [1.54, 1.807) is 0 Å². The number of carbonyl (C=O) groups excluding carboxylic acids is 1. The third-order valence-corrected chi connectivity index (χ3v) is 5.49. The molecule has 5 rings (SSSR count). The lowest BCUT2D eigenvalue weighted by molar-refractivity contribution is -0.113. The number of thiocarbonyl (C=S) groups is 1. The fourth-order valence-electron chi connectivity index (χ4n) is 3.80. The van der Waals surface area contributed by atoms with Crippen molar-refractivity contribution >= 4 is 45.9 Å². The Hall–Kier alpha value is -3.70. The Kier molecular flexibility index (Phi) is 4.65. The molecule has 146 valence electrons. The summed E-state index contributed by atoms with van der Waals surface area (Å²) in [5.74, 6) is -0.147. The molecule has 1 saturated heterocycles. The summed E-state index contributed by atoms with van der Waals surface area (Å²) in [4.78, 5) is 14.6. The molecule has 1 N–H and O–H groups in total. The van der Waals surface area contributed by atoms with Gasteiger partial charge in [0.15, 0.2) is 5.11 Å². The van der Waals surface area contributed by atoms with Gasteiger partial charge in [-0.1, -0.05) is 66.7 Å². The van der Waals surface area contributed by atoms with Gasteiger partial charge in [-0.05, 0) is 42.1 Å². The zero-order valence-corrected chi connectivity index (χ0v) is 17.0. The van der Waals surface area contributed by atoms with Gasteiger partial charge in [-0.25, -0.2) is 0 Å². The van der Waals surface area contributed by atoms with Crippen LogP contribution in [-0.2, 0) is 11.3 Å². The Morgan fingerprint density at radius 1 is 0.867 bits per heavy atom. The summed E-state index contributed by atoms with van der Waals surface area (Å²) in [6.45, 7) is 0.764. The first kappa shape index (κ1) is 18.3. The standard InChI is InChI=1S/C25H19N3OS/c29-24-22(26-25(30)28(24)20-11-5-2-6-12-20)15-19-17-27(16-18-9-3-1-4-10-18)23-14-8-7-13-21(19)23/h1-15,17H,16H2,(H,26,30). The number of rotatable bonds is 4. The van der Waals surface area contributed by atoms with E-state index in [1.807, 2.05) is 66.7 Å². The van der Waals surface area contributed by atoms with Gasteiger partial charge < -0.3 is 9.88 Å². The van der Waals surface area contributed by atoms with Crippen LogP contribution in [0, 0.1) is 0 Å². The quantitative estimate of drug-likeness (QED) is 0.383. The first-order valence-corrected chi connectivity index (χ1v) is 10.2. The van der Waals surface area contributed by atoms with Crippen LogP contribution in [0.2, 0.25) is 0 Å².